The fourth-order valence-corrected chi connectivity index (χ4v) is 5.35. The largest absolute Gasteiger partial charge is 0.480 e. The molecular weight excluding hydrogens is 624 g/mol. The Balaban J connectivity index is 1.16. The topological polar surface area (TPSA) is 205 Å². The maximum absolute atomic E-state index is 12.2. The summed E-state index contributed by atoms with van der Waals surface area (Å²) >= 11 is 0. The van der Waals surface area contributed by atoms with Crippen LogP contribution >= 0.6 is 0 Å². The Labute approximate surface area is 280 Å². The predicted molar refractivity (Wildman–Crippen MR) is 178 cm³/mol. The molecule has 0 bridgehead atoms. The SMILES string of the molecule is NCCN(CCN(CCNCC(=O)NCCOCCOCCNC(=O)OCC1c2ccccc2-c2ccccc21)CC(=O)O)CC(=O)O. The summed E-state index contributed by atoms with van der Waals surface area (Å²) in [5.74, 6) is -2.19. The highest BCUT2D eigenvalue weighted by Gasteiger charge is 2.29. The van der Waals surface area contributed by atoms with Crippen molar-refractivity contribution in [2.24, 2.45) is 5.73 Å². The Morgan fingerprint density at radius 1 is 0.708 bits per heavy atom. The van der Waals surface area contributed by atoms with Crippen LogP contribution in [0.4, 0.5) is 4.79 Å². The van der Waals surface area contributed by atoms with Gasteiger partial charge in [0, 0.05) is 58.3 Å². The van der Waals surface area contributed by atoms with Crippen LogP contribution in [0.3, 0.4) is 0 Å². The molecule has 0 fully saturated rings. The monoisotopic (exact) mass is 672 g/mol. The lowest BCUT2D eigenvalue weighted by Crippen LogP contribution is -2.44. The Hall–Kier alpha value is -4.12. The van der Waals surface area contributed by atoms with E-state index in [0.717, 1.165) is 11.1 Å². The van der Waals surface area contributed by atoms with Crippen molar-refractivity contribution in [3.8, 4) is 11.1 Å². The van der Waals surface area contributed by atoms with Gasteiger partial charge in [-0.05, 0) is 22.3 Å². The number of carboxylic acids is 2. The number of carbonyl (C=O) groups excluding carboxylic acids is 2. The lowest BCUT2D eigenvalue weighted by Gasteiger charge is -2.25. The van der Waals surface area contributed by atoms with E-state index in [9.17, 15) is 24.3 Å². The number of fused-ring (bicyclic) bond motifs is 3. The minimum absolute atomic E-state index is 0.00212. The second-order valence-corrected chi connectivity index (χ2v) is 11.1. The van der Waals surface area contributed by atoms with Gasteiger partial charge in [0.2, 0.25) is 5.91 Å². The van der Waals surface area contributed by atoms with Crippen molar-refractivity contribution in [1.82, 2.24) is 25.8 Å². The van der Waals surface area contributed by atoms with Gasteiger partial charge in [0.25, 0.3) is 0 Å². The molecule has 15 heteroatoms. The van der Waals surface area contributed by atoms with E-state index in [1.54, 1.807) is 9.80 Å². The van der Waals surface area contributed by atoms with Crippen molar-refractivity contribution >= 4 is 23.9 Å². The van der Waals surface area contributed by atoms with Crippen molar-refractivity contribution in [2.45, 2.75) is 5.92 Å². The Morgan fingerprint density at radius 2 is 1.25 bits per heavy atom. The molecule has 7 N–H and O–H groups in total. The van der Waals surface area contributed by atoms with E-state index in [2.05, 4.69) is 40.2 Å². The number of carbonyl (C=O) groups is 4. The summed E-state index contributed by atoms with van der Waals surface area (Å²) in [4.78, 5) is 49.8. The second-order valence-electron chi connectivity index (χ2n) is 11.1. The van der Waals surface area contributed by atoms with E-state index in [1.165, 1.54) is 11.1 Å². The summed E-state index contributed by atoms with van der Waals surface area (Å²) in [5, 5.41) is 26.6. The molecule has 264 valence electrons. The molecular formula is C33H48N6O9. The second kappa shape index (κ2) is 21.7. The third kappa shape index (κ3) is 13.9. The molecule has 0 saturated carbocycles. The molecule has 1 aliphatic rings. The zero-order valence-corrected chi connectivity index (χ0v) is 27.2. The number of aliphatic carboxylic acids is 2. The first kappa shape index (κ1) is 38.3. The van der Waals surface area contributed by atoms with Crippen LogP contribution in [0.5, 0.6) is 0 Å². The molecule has 0 saturated heterocycles. The van der Waals surface area contributed by atoms with Crippen molar-refractivity contribution in [2.75, 3.05) is 105 Å². The van der Waals surface area contributed by atoms with Crippen molar-refractivity contribution in [3.63, 3.8) is 0 Å². The average Bonchev–Trinajstić information content (AvgIpc) is 3.38. The van der Waals surface area contributed by atoms with Crippen LogP contribution in [0, 0.1) is 0 Å². The predicted octanol–water partition coefficient (Wildman–Crippen LogP) is -0.00400. The summed E-state index contributed by atoms with van der Waals surface area (Å²) in [6.45, 7) is 3.95. The number of alkyl carbamates (subject to hydrolysis) is 1. The number of rotatable bonds is 25. The summed E-state index contributed by atoms with van der Waals surface area (Å²) < 4.78 is 16.5. The number of nitrogens with two attached hydrogens (primary N) is 1. The van der Waals surface area contributed by atoms with Gasteiger partial charge in [-0.25, -0.2) is 4.79 Å². The fourth-order valence-electron chi connectivity index (χ4n) is 5.35. The van der Waals surface area contributed by atoms with Crippen LogP contribution < -0.4 is 21.7 Å². The highest BCUT2D eigenvalue weighted by molar-refractivity contribution is 5.79. The van der Waals surface area contributed by atoms with Crippen LogP contribution in [0.1, 0.15) is 17.0 Å². The first-order valence-corrected chi connectivity index (χ1v) is 16.1. The summed E-state index contributed by atoms with van der Waals surface area (Å²) in [7, 11) is 0. The summed E-state index contributed by atoms with van der Waals surface area (Å²) in [6.07, 6.45) is -0.498. The van der Waals surface area contributed by atoms with E-state index >= 15 is 0 Å². The van der Waals surface area contributed by atoms with Gasteiger partial charge >= 0.3 is 18.0 Å². The Kier molecular flexibility index (Phi) is 17.3. The number of carboxylic acid groups (broad SMARTS) is 2. The number of hydrogen-bond acceptors (Lipinski definition) is 11. The smallest absolute Gasteiger partial charge is 0.407 e. The summed E-state index contributed by atoms with van der Waals surface area (Å²) in [6, 6.07) is 16.3. The normalized spacial score (nSPS) is 12.1. The third-order valence-corrected chi connectivity index (χ3v) is 7.59. The molecule has 2 amide bonds. The minimum atomic E-state index is -0.994. The van der Waals surface area contributed by atoms with Gasteiger partial charge in [-0.15, -0.1) is 0 Å². The van der Waals surface area contributed by atoms with Gasteiger partial charge in [0.15, 0.2) is 0 Å². The molecule has 2 aromatic rings. The van der Waals surface area contributed by atoms with Crippen LogP contribution in [0.15, 0.2) is 48.5 Å². The molecule has 0 atom stereocenters. The molecule has 48 heavy (non-hydrogen) atoms. The highest BCUT2D eigenvalue weighted by atomic mass is 16.6. The summed E-state index contributed by atoms with van der Waals surface area (Å²) in [5.41, 5.74) is 10.2. The van der Waals surface area contributed by atoms with Gasteiger partial charge in [-0.2, -0.15) is 0 Å². The minimum Gasteiger partial charge on any atom is -0.480 e. The van der Waals surface area contributed by atoms with Gasteiger partial charge in [-0.3, -0.25) is 24.2 Å². The maximum atomic E-state index is 12.2. The first-order valence-electron chi connectivity index (χ1n) is 16.1. The molecule has 3 rings (SSSR count). The molecule has 0 spiro atoms. The standard InChI is InChI=1S/C33H48N6O9/c34-9-13-38(22-31(41)42)15-16-39(23-32(43)44)14-10-35-21-30(40)36-11-17-46-19-20-47-18-12-37-33(45)48-24-29-27-7-3-1-5-25(27)26-6-2-4-8-28(26)29/h1-8,29,35H,9-24,34H2,(H,36,40)(H,37,45)(H,41,42)(H,43,44). The van der Waals surface area contributed by atoms with Crippen molar-refractivity contribution in [3.05, 3.63) is 59.7 Å². The Bertz CT molecular complexity index is 1270. The van der Waals surface area contributed by atoms with Gasteiger partial charge in [0.1, 0.15) is 6.61 Å². The average molecular weight is 673 g/mol. The molecule has 0 unspecified atom stereocenters. The van der Waals surface area contributed by atoms with Gasteiger partial charge in [-0.1, -0.05) is 48.5 Å². The third-order valence-electron chi connectivity index (χ3n) is 7.59. The van der Waals surface area contributed by atoms with E-state index in [4.69, 9.17) is 25.1 Å². The van der Waals surface area contributed by atoms with Crippen molar-refractivity contribution < 1.29 is 43.6 Å². The number of nitrogens with zero attached hydrogens (tertiary/aromatic N) is 2. The van der Waals surface area contributed by atoms with Gasteiger partial charge < -0.3 is 46.1 Å². The number of hydrogen-bond donors (Lipinski definition) is 6. The zero-order valence-electron chi connectivity index (χ0n) is 27.2. The lowest BCUT2D eigenvalue weighted by atomic mass is 9.98. The van der Waals surface area contributed by atoms with E-state index in [1.807, 2.05) is 24.3 Å². The van der Waals surface area contributed by atoms with E-state index in [0.29, 0.717) is 78.8 Å². The van der Waals surface area contributed by atoms with Crippen LogP contribution in [0.25, 0.3) is 11.1 Å². The van der Waals surface area contributed by atoms with E-state index in [-0.39, 0.29) is 38.1 Å². The molecule has 15 nitrogen and oxygen atoms in total. The number of amides is 2. The molecule has 0 radical (unpaired) electrons. The number of ether oxygens (including phenoxy) is 3. The molecule has 1 aliphatic carbocycles. The highest BCUT2D eigenvalue weighted by Crippen LogP contribution is 2.44. The molecule has 2 aromatic carbocycles. The Morgan fingerprint density at radius 3 is 1.81 bits per heavy atom. The number of nitrogens with one attached hydrogen (secondary N) is 3. The molecule has 0 aromatic heterocycles. The molecule has 0 heterocycles. The molecule has 0 aliphatic heterocycles. The zero-order chi connectivity index (χ0) is 34.6. The lowest BCUT2D eigenvalue weighted by molar-refractivity contribution is -0.140. The van der Waals surface area contributed by atoms with E-state index < -0.39 is 18.0 Å². The first-order chi connectivity index (χ1) is 23.3. The van der Waals surface area contributed by atoms with Crippen LogP contribution in [-0.4, -0.2) is 149 Å². The van der Waals surface area contributed by atoms with Crippen LogP contribution in [-0.2, 0) is 28.6 Å². The van der Waals surface area contributed by atoms with Crippen LogP contribution in [0.2, 0.25) is 0 Å². The van der Waals surface area contributed by atoms with Crippen molar-refractivity contribution in [1.29, 1.82) is 0 Å². The van der Waals surface area contributed by atoms with Gasteiger partial charge in [0.05, 0.1) is 46.1 Å². The fraction of sp³-hybridized carbons (Fsp3) is 0.515. The number of benzene rings is 2. The maximum Gasteiger partial charge on any atom is 0.407 e. The quantitative estimate of drug-likeness (QED) is 0.0770.